The molecule has 0 spiro atoms. The van der Waals surface area contributed by atoms with Crippen molar-refractivity contribution in [3.8, 4) is 5.75 Å². The summed E-state index contributed by atoms with van der Waals surface area (Å²) < 4.78 is 18.6. The van der Waals surface area contributed by atoms with Crippen molar-refractivity contribution in [3.05, 3.63) is 71.2 Å². The summed E-state index contributed by atoms with van der Waals surface area (Å²) in [7, 11) is 0. The third-order valence-electron chi connectivity index (χ3n) is 4.14. The monoisotopic (exact) mass is 369 g/mol. The second-order valence-electron chi connectivity index (χ2n) is 6.03. The van der Waals surface area contributed by atoms with E-state index in [0.29, 0.717) is 34.9 Å². The first kappa shape index (κ1) is 18.4. The quantitative estimate of drug-likeness (QED) is 0.755. The molecular formula is C20H20FN3O3. The number of ether oxygens (including phenoxy) is 1. The number of rotatable bonds is 5. The van der Waals surface area contributed by atoms with E-state index in [0.717, 1.165) is 0 Å². The number of urea groups is 1. The van der Waals surface area contributed by atoms with E-state index in [1.54, 1.807) is 43.3 Å². The number of nitrogens with one attached hydrogen (secondary N) is 3. The Morgan fingerprint density at radius 1 is 1.15 bits per heavy atom. The molecular weight excluding hydrogens is 349 g/mol. The molecule has 0 aliphatic carbocycles. The molecule has 2 aromatic carbocycles. The Hall–Kier alpha value is -3.35. The molecule has 3 N–H and O–H groups in total. The Bertz CT molecular complexity index is 876. The van der Waals surface area contributed by atoms with Crippen molar-refractivity contribution >= 4 is 17.6 Å². The summed E-state index contributed by atoms with van der Waals surface area (Å²) in [5, 5.41) is 8.14. The Morgan fingerprint density at radius 3 is 2.44 bits per heavy atom. The number of amides is 3. The number of hydrogen-bond acceptors (Lipinski definition) is 3. The zero-order valence-electron chi connectivity index (χ0n) is 15.0. The predicted molar refractivity (Wildman–Crippen MR) is 99.7 cm³/mol. The van der Waals surface area contributed by atoms with Crippen LogP contribution in [0.25, 0.3) is 0 Å². The fraction of sp³-hybridized carbons (Fsp3) is 0.200. The molecule has 0 saturated heterocycles. The average Bonchev–Trinajstić information content (AvgIpc) is 2.63. The molecule has 6 nitrogen and oxygen atoms in total. The highest BCUT2D eigenvalue weighted by molar-refractivity contribution is 6.06. The topological polar surface area (TPSA) is 79.5 Å². The van der Waals surface area contributed by atoms with E-state index >= 15 is 0 Å². The van der Waals surface area contributed by atoms with Gasteiger partial charge >= 0.3 is 6.03 Å². The van der Waals surface area contributed by atoms with Gasteiger partial charge in [0.25, 0.3) is 5.91 Å². The van der Waals surface area contributed by atoms with Gasteiger partial charge in [-0.05, 0) is 55.8 Å². The first-order valence-electron chi connectivity index (χ1n) is 8.56. The Labute approximate surface area is 156 Å². The molecule has 1 heterocycles. The van der Waals surface area contributed by atoms with Gasteiger partial charge in [-0.3, -0.25) is 4.79 Å². The average molecular weight is 369 g/mol. The first-order valence-corrected chi connectivity index (χ1v) is 8.56. The molecule has 2 aromatic rings. The second kappa shape index (κ2) is 7.90. The zero-order chi connectivity index (χ0) is 19.4. The van der Waals surface area contributed by atoms with Gasteiger partial charge in [0.2, 0.25) is 0 Å². The van der Waals surface area contributed by atoms with E-state index in [1.807, 2.05) is 6.92 Å². The minimum atomic E-state index is -0.679. The fourth-order valence-corrected chi connectivity index (χ4v) is 2.90. The van der Waals surface area contributed by atoms with Crippen molar-refractivity contribution in [2.75, 3.05) is 11.9 Å². The fourth-order valence-electron chi connectivity index (χ4n) is 2.90. The van der Waals surface area contributed by atoms with Crippen molar-refractivity contribution in [2.45, 2.75) is 19.9 Å². The van der Waals surface area contributed by atoms with Gasteiger partial charge in [-0.15, -0.1) is 0 Å². The van der Waals surface area contributed by atoms with Gasteiger partial charge < -0.3 is 20.7 Å². The van der Waals surface area contributed by atoms with Crippen molar-refractivity contribution in [3.63, 3.8) is 0 Å². The summed E-state index contributed by atoms with van der Waals surface area (Å²) in [5.41, 5.74) is 2.01. The molecule has 0 saturated carbocycles. The lowest BCUT2D eigenvalue weighted by atomic mass is 9.95. The molecule has 1 atom stereocenters. The number of hydrogen-bond donors (Lipinski definition) is 3. The summed E-state index contributed by atoms with van der Waals surface area (Å²) in [6.07, 6.45) is 0. The van der Waals surface area contributed by atoms with E-state index in [4.69, 9.17) is 4.74 Å². The number of benzene rings is 2. The van der Waals surface area contributed by atoms with Crippen LogP contribution < -0.4 is 20.7 Å². The van der Waals surface area contributed by atoms with E-state index in [-0.39, 0.29) is 11.7 Å². The molecule has 27 heavy (non-hydrogen) atoms. The Balaban J connectivity index is 1.86. The SMILES string of the molecule is CCOc1ccc(NC(=O)C2=C(C)NC(=O)N[C@@H]2c2ccc(F)cc2)cc1. The molecule has 7 heteroatoms. The third-order valence-corrected chi connectivity index (χ3v) is 4.14. The largest absolute Gasteiger partial charge is 0.494 e. The van der Waals surface area contributed by atoms with Crippen LogP contribution in [-0.2, 0) is 4.79 Å². The minimum absolute atomic E-state index is 0.357. The van der Waals surface area contributed by atoms with Crippen LogP contribution in [-0.4, -0.2) is 18.5 Å². The molecule has 3 rings (SSSR count). The Morgan fingerprint density at radius 2 is 1.81 bits per heavy atom. The summed E-state index contributed by atoms with van der Waals surface area (Å²) in [4.78, 5) is 24.8. The highest BCUT2D eigenvalue weighted by Crippen LogP contribution is 2.28. The van der Waals surface area contributed by atoms with Crippen molar-refractivity contribution < 1.29 is 18.7 Å². The highest BCUT2D eigenvalue weighted by atomic mass is 19.1. The molecule has 3 amide bonds. The minimum Gasteiger partial charge on any atom is -0.494 e. The molecule has 0 radical (unpaired) electrons. The normalized spacial score (nSPS) is 16.4. The lowest BCUT2D eigenvalue weighted by Gasteiger charge is -2.28. The maximum absolute atomic E-state index is 13.2. The molecule has 140 valence electrons. The van der Waals surface area contributed by atoms with Crippen LogP contribution in [0.5, 0.6) is 5.75 Å². The van der Waals surface area contributed by atoms with Crippen LogP contribution in [0.4, 0.5) is 14.9 Å². The Kier molecular flexibility index (Phi) is 5.40. The summed E-state index contributed by atoms with van der Waals surface area (Å²) in [5.74, 6) is -0.0414. The standard InChI is InChI=1S/C20H20FN3O3/c1-3-27-16-10-8-15(9-11-16)23-19(25)17-12(2)22-20(26)24-18(17)13-4-6-14(21)7-5-13/h4-11,18H,3H2,1-2H3,(H,23,25)(H2,22,24,26)/t18-/m1/s1. The molecule has 1 aliphatic rings. The molecule has 0 fully saturated rings. The van der Waals surface area contributed by atoms with Crippen LogP contribution in [0.1, 0.15) is 25.5 Å². The van der Waals surface area contributed by atoms with E-state index in [2.05, 4.69) is 16.0 Å². The van der Waals surface area contributed by atoms with Crippen molar-refractivity contribution in [1.29, 1.82) is 0 Å². The number of halogens is 1. The maximum Gasteiger partial charge on any atom is 0.319 e. The van der Waals surface area contributed by atoms with Crippen LogP contribution in [0, 0.1) is 5.82 Å². The van der Waals surface area contributed by atoms with Crippen LogP contribution in [0.2, 0.25) is 0 Å². The lowest BCUT2D eigenvalue weighted by molar-refractivity contribution is -0.113. The van der Waals surface area contributed by atoms with Crippen molar-refractivity contribution in [1.82, 2.24) is 10.6 Å². The summed E-state index contributed by atoms with van der Waals surface area (Å²) in [6.45, 7) is 4.11. The van der Waals surface area contributed by atoms with Gasteiger partial charge in [0.15, 0.2) is 0 Å². The molecule has 0 bridgehead atoms. The van der Waals surface area contributed by atoms with Gasteiger partial charge in [0.1, 0.15) is 11.6 Å². The second-order valence-corrected chi connectivity index (χ2v) is 6.03. The van der Waals surface area contributed by atoms with Crippen LogP contribution >= 0.6 is 0 Å². The van der Waals surface area contributed by atoms with Gasteiger partial charge in [-0.2, -0.15) is 0 Å². The lowest BCUT2D eigenvalue weighted by Crippen LogP contribution is -2.45. The van der Waals surface area contributed by atoms with Gasteiger partial charge in [0, 0.05) is 11.4 Å². The first-order chi connectivity index (χ1) is 13.0. The molecule has 0 aromatic heterocycles. The zero-order valence-corrected chi connectivity index (χ0v) is 15.0. The molecule has 0 unspecified atom stereocenters. The number of allylic oxidation sites excluding steroid dienone is 1. The predicted octanol–water partition coefficient (Wildman–Crippen LogP) is 3.49. The number of carbonyl (C=O) groups is 2. The number of carbonyl (C=O) groups excluding carboxylic acids is 2. The third kappa shape index (κ3) is 4.25. The summed E-state index contributed by atoms with van der Waals surface area (Å²) >= 11 is 0. The van der Waals surface area contributed by atoms with Gasteiger partial charge in [-0.25, -0.2) is 9.18 Å². The van der Waals surface area contributed by atoms with Crippen molar-refractivity contribution in [2.24, 2.45) is 0 Å². The van der Waals surface area contributed by atoms with E-state index < -0.39 is 12.1 Å². The van der Waals surface area contributed by atoms with E-state index in [1.165, 1.54) is 12.1 Å². The highest BCUT2D eigenvalue weighted by Gasteiger charge is 2.31. The van der Waals surface area contributed by atoms with E-state index in [9.17, 15) is 14.0 Å². The van der Waals surface area contributed by atoms with Gasteiger partial charge in [0.05, 0.1) is 18.2 Å². The maximum atomic E-state index is 13.2. The van der Waals surface area contributed by atoms with Crippen LogP contribution in [0.15, 0.2) is 59.8 Å². The van der Waals surface area contributed by atoms with Gasteiger partial charge in [-0.1, -0.05) is 12.1 Å². The summed E-state index contributed by atoms with van der Waals surface area (Å²) in [6, 6.07) is 11.6. The van der Waals surface area contributed by atoms with Crippen LogP contribution in [0.3, 0.4) is 0 Å². The number of anilines is 1. The molecule has 1 aliphatic heterocycles. The smallest absolute Gasteiger partial charge is 0.319 e.